The number of likely N-dealkylation sites (tertiary alicyclic amines) is 1. The van der Waals surface area contributed by atoms with Crippen LogP contribution >= 0.6 is 0 Å². The zero-order valence-corrected chi connectivity index (χ0v) is 8.62. The fourth-order valence-electron chi connectivity index (χ4n) is 2.20. The molecule has 0 aromatic heterocycles. The molecular weight excluding hydrogens is 180 g/mol. The standard InChI is InChI=1S/C10H18N2O2/c1-10(6-11-7-10)9(14)12-3-2-8(4-12)5-13/h8,11,13H,2-7H2,1H3. The van der Waals surface area contributed by atoms with Gasteiger partial charge >= 0.3 is 0 Å². The van der Waals surface area contributed by atoms with E-state index in [-0.39, 0.29) is 17.9 Å². The Kier molecular flexibility index (Phi) is 2.49. The van der Waals surface area contributed by atoms with Crippen molar-refractivity contribution in [1.82, 2.24) is 10.2 Å². The molecule has 1 amide bonds. The van der Waals surface area contributed by atoms with Gasteiger partial charge in [0.1, 0.15) is 0 Å². The number of hydrogen-bond acceptors (Lipinski definition) is 3. The molecule has 0 bridgehead atoms. The number of aliphatic hydroxyl groups excluding tert-OH is 1. The molecule has 2 saturated heterocycles. The average Bonchev–Trinajstić information content (AvgIpc) is 2.61. The van der Waals surface area contributed by atoms with Crippen LogP contribution in [-0.4, -0.2) is 48.7 Å². The first-order chi connectivity index (χ1) is 6.65. The summed E-state index contributed by atoms with van der Waals surface area (Å²) in [6.45, 7) is 5.37. The minimum absolute atomic E-state index is 0.176. The lowest BCUT2D eigenvalue weighted by molar-refractivity contribution is -0.143. The van der Waals surface area contributed by atoms with Gasteiger partial charge in [0.05, 0.1) is 5.41 Å². The predicted molar refractivity (Wildman–Crippen MR) is 52.7 cm³/mol. The van der Waals surface area contributed by atoms with E-state index in [1.165, 1.54) is 0 Å². The van der Waals surface area contributed by atoms with Crippen molar-refractivity contribution in [3.63, 3.8) is 0 Å². The van der Waals surface area contributed by atoms with Crippen LogP contribution in [0.1, 0.15) is 13.3 Å². The first-order valence-corrected chi connectivity index (χ1v) is 5.27. The second-order valence-electron chi connectivity index (χ2n) is 4.75. The first kappa shape index (κ1) is 9.93. The van der Waals surface area contributed by atoms with E-state index in [1.54, 1.807) is 0 Å². The molecule has 0 spiro atoms. The summed E-state index contributed by atoms with van der Waals surface area (Å²) in [5.41, 5.74) is -0.176. The van der Waals surface area contributed by atoms with Crippen molar-refractivity contribution in [2.24, 2.45) is 11.3 Å². The smallest absolute Gasteiger partial charge is 0.231 e. The fraction of sp³-hybridized carbons (Fsp3) is 0.900. The Morgan fingerprint density at radius 1 is 1.64 bits per heavy atom. The van der Waals surface area contributed by atoms with Gasteiger partial charge in [0.15, 0.2) is 0 Å². The lowest BCUT2D eigenvalue weighted by Crippen LogP contribution is -2.60. The highest BCUT2D eigenvalue weighted by Crippen LogP contribution is 2.27. The van der Waals surface area contributed by atoms with Gasteiger partial charge in [-0.05, 0) is 13.3 Å². The summed E-state index contributed by atoms with van der Waals surface area (Å²) in [7, 11) is 0. The third-order valence-corrected chi connectivity index (χ3v) is 3.38. The number of hydrogen-bond donors (Lipinski definition) is 2. The van der Waals surface area contributed by atoms with Crippen LogP contribution in [0.4, 0.5) is 0 Å². The maximum Gasteiger partial charge on any atom is 0.231 e. The van der Waals surface area contributed by atoms with Crippen LogP contribution in [0.15, 0.2) is 0 Å². The van der Waals surface area contributed by atoms with Crippen molar-refractivity contribution < 1.29 is 9.90 Å². The highest BCUT2D eigenvalue weighted by atomic mass is 16.3. The summed E-state index contributed by atoms with van der Waals surface area (Å²) in [5, 5.41) is 12.1. The van der Waals surface area contributed by atoms with Crippen molar-refractivity contribution in [1.29, 1.82) is 0 Å². The van der Waals surface area contributed by atoms with Crippen LogP contribution in [0.3, 0.4) is 0 Å². The van der Waals surface area contributed by atoms with E-state index in [4.69, 9.17) is 5.11 Å². The zero-order chi connectivity index (χ0) is 10.2. The highest BCUT2D eigenvalue weighted by molar-refractivity contribution is 5.84. The molecule has 2 N–H and O–H groups in total. The van der Waals surface area contributed by atoms with Gasteiger partial charge in [0.2, 0.25) is 5.91 Å². The molecule has 0 aromatic rings. The fourth-order valence-corrected chi connectivity index (χ4v) is 2.20. The zero-order valence-electron chi connectivity index (χ0n) is 8.62. The summed E-state index contributed by atoms with van der Waals surface area (Å²) in [4.78, 5) is 13.9. The van der Waals surface area contributed by atoms with Gasteiger partial charge in [-0.3, -0.25) is 4.79 Å². The second kappa shape index (κ2) is 3.51. The predicted octanol–water partition coefficient (Wildman–Crippen LogP) is -0.563. The Morgan fingerprint density at radius 3 is 2.79 bits per heavy atom. The molecule has 4 heteroatoms. The minimum atomic E-state index is -0.176. The van der Waals surface area contributed by atoms with E-state index < -0.39 is 0 Å². The number of rotatable bonds is 2. The van der Waals surface area contributed by atoms with E-state index >= 15 is 0 Å². The quantitative estimate of drug-likeness (QED) is 0.625. The van der Waals surface area contributed by atoms with E-state index in [0.717, 1.165) is 32.6 Å². The van der Waals surface area contributed by atoms with Crippen LogP contribution in [-0.2, 0) is 4.79 Å². The van der Waals surface area contributed by atoms with E-state index in [1.807, 2.05) is 11.8 Å². The van der Waals surface area contributed by atoms with Gasteiger partial charge in [0.25, 0.3) is 0 Å². The number of nitrogens with one attached hydrogen (secondary N) is 1. The van der Waals surface area contributed by atoms with E-state index in [2.05, 4.69) is 5.32 Å². The highest BCUT2D eigenvalue weighted by Gasteiger charge is 2.43. The molecule has 0 aliphatic carbocycles. The number of carbonyl (C=O) groups excluding carboxylic acids is 1. The number of aliphatic hydroxyl groups is 1. The molecular formula is C10H18N2O2. The van der Waals surface area contributed by atoms with Crippen LogP contribution < -0.4 is 5.32 Å². The molecule has 2 aliphatic rings. The monoisotopic (exact) mass is 198 g/mol. The second-order valence-corrected chi connectivity index (χ2v) is 4.75. The van der Waals surface area contributed by atoms with Gasteiger partial charge in [-0.25, -0.2) is 0 Å². The largest absolute Gasteiger partial charge is 0.396 e. The van der Waals surface area contributed by atoms with Gasteiger partial charge in [-0.15, -0.1) is 0 Å². The van der Waals surface area contributed by atoms with Crippen molar-refractivity contribution in [2.75, 3.05) is 32.8 Å². The van der Waals surface area contributed by atoms with Crippen molar-refractivity contribution in [2.45, 2.75) is 13.3 Å². The molecule has 0 aromatic carbocycles. The maximum atomic E-state index is 12.0. The Bertz CT molecular complexity index is 238. The van der Waals surface area contributed by atoms with Crippen molar-refractivity contribution in [3.05, 3.63) is 0 Å². The van der Waals surface area contributed by atoms with Gasteiger partial charge < -0.3 is 15.3 Å². The average molecular weight is 198 g/mol. The molecule has 0 saturated carbocycles. The van der Waals surface area contributed by atoms with Crippen LogP contribution in [0, 0.1) is 11.3 Å². The summed E-state index contributed by atoms with van der Waals surface area (Å²) in [6, 6.07) is 0. The molecule has 1 unspecified atom stereocenters. The maximum absolute atomic E-state index is 12.0. The summed E-state index contributed by atoms with van der Waals surface area (Å²) in [5.74, 6) is 0.558. The third kappa shape index (κ3) is 1.53. The summed E-state index contributed by atoms with van der Waals surface area (Å²) >= 11 is 0. The van der Waals surface area contributed by atoms with Crippen molar-refractivity contribution >= 4 is 5.91 Å². The number of amides is 1. The summed E-state index contributed by atoms with van der Waals surface area (Å²) in [6.07, 6.45) is 0.950. The molecule has 14 heavy (non-hydrogen) atoms. The van der Waals surface area contributed by atoms with Gasteiger partial charge in [-0.2, -0.15) is 0 Å². The van der Waals surface area contributed by atoms with Crippen LogP contribution in [0.2, 0.25) is 0 Å². The minimum Gasteiger partial charge on any atom is -0.396 e. The van der Waals surface area contributed by atoms with Crippen molar-refractivity contribution in [3.8, 4) is 0 Å². The Morgan fingerprint density at radius 2 is 2.36 bits per heavy atom. The molecule has 80 valence electrons. The Labute approximate surface area is 84.3 Å². The molecule has 2 heterocycles. The molecule has 2 rings (SSSR count). The van der Waals surface area contributed by atoms with E-state index in [9.17, 15) is 4.79 Å². The lowest BCUT2D eigenvalue weighted by Gasteiger charge is -2.40. The molecule has 1 atom stereocenters. The molecule has 4 nitrogen and oxygen atoms in total. The SMILES string of the molecule is CC1(C(=O)N2CCC(CO)C2)CNC1. The van der Waals surface area contributed by atoms with Crippen LogP contribution in [0.25, 0.3) is 0 Å². The van der Waals surface area contributed by atoms with E-state index in [0.29, 0.717) is 5.92 Å². The van der Waals surface area contributed by atoms with Gasteiger partial charge in [0, 0.05) is 38.7 Å². The normalized spacial score (nSPS) is 30.1. The number of nitrogens with zero attached hydrogens (tertiary/aromatic N) is 1. The first-order valence-electron chi connectivity index (χ1n) is 5.27. The van der Waals surface area contributed by atoms with Crippen LogP contribution in [0.5, 0.6) is 0 Å². The lowest BCUT2D eigenvalue weighted by atomic mass is 9.82. The molecule has 0 radical (unpaired) electrons. The Balaban J connectivity index is 1.93. The third-order valence-electron chi connectivity index (χ3n) is 3.38. The van der Waals surface area contributed by atoms with Gasteiger partial charge in [-0.1, -0.05) is 0 Å². The Hall–Kier alpha value is -0.610. The molecule has 2 fully saturated rings. The topological polar surface area (TPSA) is 52.6 Å². The number of carbonyl (C=O) groups is 1. The summed E-state index contributed by atoms with van der Waals surface area (Å²) < 4.78 is 0. The molecule has 2 aliphatic heterocycles.